The van der Waals surface area contributed by atoms with Gasteiger partial charge < -0.3 is 4.42 Å². The van der Waals surface area contributed by atoms with Crippen LogP contribution in [0.25, 0.3) is 72.2 Å². The average molecular weight is 643 g/mol. The van der Waals surface area contributed by atoms with Crippen molar-refractivity contribution in [3.63, 3.8) is 0 Å². The van der Waals surface area contributed by atoms with E-state index >= 15 is 0 Å². The zero-order chi connectivity index (χ0) is 34.0. The number of para-hydroxylation sites is 1. The zero-order valence-electron chi connectivity index (χ0n) is 29.4. The Morgan fingerprint density at radius 2 is 1.47 bits per heavy atom. The number of furan rings is 1. The summed E-state index contributed by atoms with van der Waals surface area (Å²) < 4.78 is 9.10. The molecule has 0 aliphatic rings. The van der Waals surface area contributed by atoms with Gasteiger partial charge in [0.2, 0.25) is 5.71 Å². The standard InChI is InChI=1S/C44H42N4O/c1-26(2)35-23-30(28-13-9-8-10-14-28)24-36(27(3)4)39(35)48-40-37(21-18-29-15-12-22-45-38(29)40)47-42(48)34-17-11-16-32-33-20-19-31(25-44(5,6)7)46-43(33)49-41(32)34/h8-24,26-27H,25H2,1-7H3. The monoisotopic (exact) mass is 642 g/mol. The summed E-state index contributed by atoms with van der Waals surface area (Å²) in [6.07, 6.45) is 2.75. The summed E-state index contributed by atoms with van der Waals surface area (Å²) in [7, 11) is 0. The van der Waals surface area contributed by atoms with Gasteiger partial charge in [-0.2, -0.15) is 0 Å². The van der Waals surface area contributed by atoms with E-state index in [-0.39, 0.29) is 17.3 Å². The van der Waals surface area contributed by atoms with Gasteiger partial charge in [-0.05, 0) is 88.4 Å². The van der Waals surface area contributed by atoms with Gasteiger partial charge in [0.25, 0.3) is 0 Å². The Bertz CT molecular complexity index is 2480. The van der Waals surface area contributed by atoms with Gasteiger partial charge in [0.1, 0.15) is 11.4 Å². The summed E-state index contributed by atoms with van der Waals surface area (Å²) in [5.41, 5.74) is 12.5. The molecule has 4 heterocycles. The highest BCUT2D eigenvalue weighted by Gasteiger charge is 2.27. The topological polar surface area (TPSA) is 56.7 Å². The predicted molar refractivity (Wildman–Crippen MR) is 204 cm³/mol. The molecule has 4 aromatic carbocycles. The van der Waals surface area contributed by atoms with E-state index in [1.807, 2.05) is 12.3 Å². The van der Waals surface area contributed by atoms with E-state index in [2.05, 4.69) is 144 Å². The minimum Gasteiger partial charge on any atom is -0.437 e. The number of pyridine rings is 2. The van der Waals surface area contributed by atoms with Crippen molar-refractivity contribution in [1.82, 2.24) is 19.5 Å². The molecule has 0 N–H and O–H groups in total. The van der Waals surface area contributed by atoms with E-state index in [9.17, 15) is 0 Å². The third kappa shape index (κ3) is 5.38. The minimum atomic E-state index is 0.123. The third-order valence-corrected chi connectivity index (χ3v) is 9.51. The zero-order valence-corrected chi connectivity index (χ0v) is 29.4. The van der Waals surface area contributed by atoms with Crippen LogP contribution in [-0.2, 0) is 6.42 Å². The molecule has 0 aliphatic heterocycles. The summed E-state index contributed by atoms with van der Waals surface area (Å²) in [6.45, 7) is 15.9. The summed E-state index contributed by atoms with van der Waals surface area (Å²) in [4.78, 5) is 15.4. The molecular formula is C44H42N4O. The van der Waals surface area contributed by atoms with Crippen LogP contribution in [0.15, 0.2) is 108 Å². The first-order valence-corrected chi connectivity index (χ1v) is 17.4. The number of benzene rings is 4. The van der Waals surface area contributed by atoms with Gasteiger partial charge >= 0.3 is 0 Å². The fourth-order valence-electron chi connectivity index (χ4n) is 7.25. The van der Waals surface area contributed by atoms with E-state index in [4.69, 9.17) is 19.4 Å². The van der Waals surface area contributed by atoms with Crippen molar-refractivity contribution in [3.05, 3.63) is 120 Å². The molecule has 5 nitrogen and oxygen atoms in total. The van der Waals surface area contributed by atoms with Crippen LogP contribution in [0.4, 0.5) is 0 Å². The molecule has 0 spiro atoms. The molecule has 0 radical (unpaired) electrons. The fourth-order valence-corrected chi connectivity index (χ4v) is 7.25. The number of imidazole rings is 1. The molecule has 8 aromatic rings. The molecule has 49 heavy (non-hydrogen) atoms. The van der Waals surface area contributed by atoms with E-state index < -0.39 is 0 Å². The largest absolute Gasteiger partial charge is 0.437 e. The van der Waals surface area contributed by atoms with Gasteiger partial charge in [-0.15, -0.1) is 0 Å². The first-order chi connectivity index (χ1) is 23.6. The van der Waals surface area contributed by atoms with Gasteiger partial charge in [-0.25, -0.2) is 9.97 Å². The van der Waals surface area contributed by atoms with Gasteiger partial charge in [0.15, 0.2) is 0 Å². The number of hydrogen-bond acceptors (Lipinski definition) is 4. The maximum absolute atomic E-state index is 6.72. The normalized spacial score (nSPS) is 12.4. The van der Waals surface area contributed by atoms with Crippen molar-refractivity contribution >= 4 is 44.0 Å². The maximum atomic E-state index is 6.72. The summed E-state index contributed by atoms with van der Waals surface area (Å²) in [6, 6.07) is 34.5. The highest BCUT2D eigenvalue weighted by molar-refractivity contribution is 6.10. The van der Waals surface area contributed by atoms with Crippen molar-refractivity contribution in [2.24, 2.45) is 5.41 Å². The molecule has 0 saturated carbocycles. The Morgan fingerprint density at radius 1 is 0.714 bits per heavy atom. The van der Waals surface area contributed by atoms with Crippen LogP contribution >= 0.6 is 0 Å². The van der Waals surface area contributed by atoms with Crippen LogP contribution in [0.1, 0.15) is 77.1 Å². The SMILES string of the molecule is CC(C)c1cc(-c2ccccc2)cc(C(C)C)c1-n1c(-c2cccc3c2oc2nc(CC(C)(C)C)ccc23)nc2ccc3cccnc3c21. The van der Waals surface area contributed by atoms with E-state index in [1.165, 1.54) is 27.9 Å². The van der Waals surface area contributed by atoms with Crippen molar-refractivity contribution < 1.29 is 4.42 Å². The van der Waals surface area contributed by atoms with Gasteiger partial charge in [0, 0.05) is 28.0 Å². The Balaban J connectivity index is 1.48. The van der Waals surface area contributed by atoms with Crippen LogP contribution in [-0.4, -0.2) is 19.5 Å². The molecule has 0 aliphatic carbocycles. The molecule has 8 rings (SSSR count). The van der Waals surface area contributed by atoms with Crippen LogP contribution in [0.5, 0.6) is 0 Å². The molecule has 5 heteroatoms. The van der Waals surface area contributed by atoms with E-state index in [1.54, 1.807) is 0 Å². The van der Waals surface area contributed by atoms with Crippen molar-refractivity contribution in [3.8, 4) is 28.2 Å². The van der Waals surface area contributed by atoms with Crippen LogP contribution < -0.4 is 0 Å². The van der Waals surface area contributed by atoms with Gasteiger partial charge in [-0.3, -0.25) is 9.55 Å². The van der Waals surface area contributed by atoms with E-state index in [0.717, 1.165) is 61.8 Å². The van der Waals surface area contributed by atoms with Crippen LogP contribution in [0, 0.1) is 5.41 Å². The molecule has 0 atom stereocenters. The van der Waals surface area contributed by atoms with Crippen LogP contribution in [0.2, 0.25) is 0 Å². The maximum Gasteiger partial charge on any atom is 0.227 e. The molecular weight excluding hydrogens is 601 g/mol. The first-order valence-electron chi connectivity index (χ1n) is 17.4. The Morgan fingerprint density at radius 3 is 2.18 bits per heavy atom. The Kier molecular flexibility index (Phi) is 7.40. The highest BCUT2D eigenvalue weighted by Crippen LogP contribution is 2.43. The molecule has 244 valence electrons. The van der Waals surface area contributed by atoms with Gasteiger partial charge in [0.05, 0.1) is 27.8 Å². The van der Waals surface area contributed by atoms with Crippen molar-refractivity contribution in [2.75, 3.05) is 0 Å². The second-order valence-electron chi connectivity index (χ2n) is 15.1. The lowest BCUT2D eigenvalue weighted by molar-refractivity contribution is 0.406. The third-order valence-electron chi connectivity index (χ3n) is 9.51. The second-order valence-corrected chi connectivity index (χ2v) is 15.1. The van der Waals surface area contributed by atoms with Crippen LogP contribution in [0.3, 0.4) is 0 Å². The second kappa shape index (κ2) is 11.7. The lowest BCUT2D eigenvalue weighted by Crippen LogP contribution is -2.10. The lowest BCUT2D eigenvalue weighted by atomic mass is 9.88. The molecule has 0 bridgehead atoms. The highest BCUT2D eigenvalue weighted by atomic mass is 16.3. The summed E-state index contributed by atoms with van der Waals surface area (Å²) >= 11 is 0. The van der Waals surface area contributed by atoms with Gasteiger partial charge in [-0.1, -0.05) is 103 Å². The molecule has 0 unspecified atom stereocenters. The summed E-state index contributed by atoms with van der Waals surface area (Å²) in [5.74, 6) is 1.33. The number of hydrogen-bond donors (Lipinski definition) is 0. The summed E-state index contributed by atoms with van der Waals surface area (Å²) in [5, 5.41) is 3.14. The number of fused-ring (bicyclic) bond motifs is 6. The number of aromatic nitrogens is 4. The Labute approximate surface area is 287 Å². The molecule has 0 saturated heterocycles. The number of rotatable bonds is 6. The van der Waals surface area contributed by atoms with Crippen molar-refractivity contribution in [2.45, 2.75) is 66.7 Å². The molecule has 4 aromatic heterocycles. The quantitative estimate of drug-likeness (QED) is 0.181. The lowest BCUT2D eigenvalue weighted by Gasteiger charge is -2.24. The first kappa shape index (κ1) is 31.0. The molecule has 0 fully saturated rings. The van der Waals surface area contributed by atoms with Crippen molar-refractivity contribution in [1.29, 1.82) is 0 Å². The number of nitrogens with zero attached hydrogens (tertiary/aromatic N) is 4. The van der Waals surface area contributed by atoms with E-state index in [0.29, 0.717) is 5.71 Å². The smallest absolute Gasteiger partial charge is 0.227 e. The Hall–Kier alpha value is -5.29. The minimum absolute atomic E-state index is 0.123. The predicted octanol–water partition coefficient (Wildman–Crippen LogP) is 12.0. The molecule has 0 amide bonds. The fraction of sp³-hybridized carbons (Fsp3) is 0.250. The average Bonchev–Trinajstić information content (AvgIpc) is 3.65.